The van der Waals surface area contributed by atoms with Gasteiger partial charge in [-0.05, 0) is 18.1 Å². The summed E-state index contributed by atoms with van der Waals surface area (Å²) in [6.07, 6.45) is 4.43. The van der Waals surface area contributed by atoms with Crippen LogP contribution in [0.1, 0.15) is 12.0 Å². The minimum atomic E-state index is -0.114. The molecule has 0 aliphatic carbocycles. The van der Waals surface area contributed by atoms with E-state index < -0.39 is 0 Å². The highest BCUT2D eigenvalue weighted by molar-refractivity contribution is 5.75. The van der Waals surface area contributed by atoms with Crippen LogP contribution in [0.15, 0.2) is 24.5 Å². The summed E-state index contributed by atoms with van der Waals surface area (Å²) in [7, 11) is 0. The summed E-state index contributed by atoms with van der Waals surface area (Å²) in [4.78, 5) is 14.9. The van der Waals surface area contributed by atoms with Crippen molar-refractivity contribution >= 4 is 5.91 Å². The van der Waals surface area contributed by atoms with Crippen molar-refractivity contribution in [2.75, 3.05) is 13.2 Å². The fourth-order valence-corrected chi connectivity index (χ4v) is 1.08. The van der Waals surface area contributed by atoms with Crippen molar-refractivity contribution in [3.8, 4) is 0 Å². The van der Waals surface area contributed by atoms with Gasteiger partial charge >= 0.3 is 0 Å². The van der Waals surface area contributed by atoms with Gasteiger partial charge in [-0.25, -0.2) is 0 Å². The Hall–Kier alpha value is -1.42. The molecule has 1 amide bonds. The van der Waals surface area contributed by atoms with Crippen molar-refractivity contribution in [3.05, 3.63) is 30.1 Å². The van der Waals surface area contributed by atoms with Gasteiger partial charge in [0.15, 0.2) is 0 Å². The number of aliphatic hydroxyl groups is 1. The predicted octanol–water partition coefficient (Wildman–Crippen LogP) is 0.123. The van der Waals surface area contributed by atoms with Gasteiger partial charge in [0.1, 0.15) is 0 Å². The van der Waals surface area contributed by atoms with Gasteiger partial charge < -0.3 is 10.4 Å². The summed E-state index contributed by atoms with van der Waals surface area (Å²) in [5.41, 5.74) is 1.09. The van der Waals surface area contributed by atoms with Crippen molar-refractivity contribution in [2.45, 2.75) is 12.8 Å². The first kappa shape index (κ1) is 10.7. The van der Waals surface area contributed by atoms with Crippen LogP contribution in [0.5, 0.6) is 0 Å². The molecule has 1 rings (SSSR count). The van der Waals surface area contributed by atoms with E-state index in [0.717, 1.165) is 12.0 Å². The third-order valence-electron chi connectivity index (χ3n) is 1.80. The third kappa shape index (κ3) is 4.00. The summed E-state index contributed by atoms with van der Waals surface area (Å²) in [6.45, 7) is 0.489. The molecular weight excluding hydrogens is 180 g/mol. The lowest BCUT2D eigenvalue weighted by molar-refractivity contribution is -0.121. The average molecular weight is 194 g/mol. The largest absolute Gasteiger partial charge is 0.396 e. The number of hydrogen-bond acceptors (Lipinski definition) is 3. The maximum Gasteiger partial charge on any atom is 0.222 e. The van der Waals surface area contributed by atoms with E-state index >= 15 is 0 Å². The molecule has 0 aliphatic heterocycles. The first-order valence-electron chi connectivity index (χ1n) is 4.59. The first-order chi connectivity index (χ1) is 6.83. The summed E-state index contributed by atoms with van der Waals surface area (Å²) in [6, 6.07) is 3.83. The molecule has 1 heterocycles. The number of pyridine rings is 1. The first-order valence-corrected chi connectivity index (χ1v) is 4.59. The summed E-state index contributed by atoms with van der Waals surface area (Å²) < 4.78 is 0. The highest BCUT2D eigenvalue weighted by Crippen LogP contribution is 1.95. The molecule has 4 nitrogen and oxygen atoms in total. The Bertz CT molecular complexity index is 275. The van der Waals surface area contributed by atoms with Crippen molar-refractivity contribution in [3.63, 3.8) is 0 Å². The Morgan fingerprint density at radius 2 is 2.43 bits per heavy atom. The molecule has 0 aliphatic rings. The number of carbonyl (C=O) groups excluding carboxylic acids is 1. The van der Waals surface area contributed by atoms with Crippen LogP contribution in [0.3, 0.4) is 0 Å². The molecule has 0 saturated heterocycles. The number of hydrogen-bond donors (Lipinski definition) is 2. The maximum atomic E-state index is 10.9. The minimum Gasteiger partial charge on any atom is -0.396 e. The second-order valence-electron chi connectivity index (χ2n) is 2.93. The fourth-order valence-electron chi connectivity index (χ4n) is 1.08. The van der Waals surface area contributed by atoms with Gasteiger partial charge in [-0.1, -0.05) is 6.07 Å². The van der Waals surface area contributed by atoms with Gasteiger partial charge in [-0.3, -0.25) is 9.78 Å². The van der Waals surface area contributed by atoms with E-state index in [4.69, 9.17) is 5.11 Å². The topological polar surface area (TPSA) is 62.2 Å². The third-order valence-corrected chi connectivity index (χ3v) is 1.80. The molecule has 0 unspecified atom stereocenters. The zero-order chi connectivity index (χ0) is 10.2. The highest BCUT2D eigenvalue weighted by Gasteiger charge is 1.98. The van der Waals surface area contributed by atoms with Gasteiger partial charge in [-0.2, -0.15) is 0 Å². The van der Waals surface area contributed by atoms with Crippen LogP contribution in [0.4, 0.5) is 0 Å². The molecular formula is C10H14N2O2. The molecule has 1 aromatic rings. The second-order valence-corrected chi connectivity index (χ2v) is 2.93. The number of rotatable bonds is 5. The number of amides is 1. The van der Waals surface area contributed by atoms with Gasteiger partial charge in [0.25, 0.3) is 0 Å². The van der Waals surface area contributed by atoms with Crippen LogP contribution < -0.4 is 5.32 Å². The zero-order valence-corrected chi connectivity index (χ0v) is 7.94. The number of aromatic nitrogens is 1. The van der Waals surface area contributed by atoms with Crippen LogP contribution >= 0.6 is 0 Å². The van der Waals surface area contributed by atoms with Crippen molar-refractivity contribution in [1.82, 2.24) is 10.3 Å². The molecule has 2 N–H and O–H groups in total. The predicted molar refractivity (Wildman–Crippen MR) is 52.7 cm³/mol. The lowest BCUT2D eigenvalue weighted by Gasteiger charge is -2.03. The quantitative estimate of drug-likeness (QED) is 0.700. The molecule has 0 saturated carbocycles. The molecule has 0 aromatic carbocycles. The van der Waals surface area contributed by atoms with E-state index in [1.165, 1.54) is 0 Å². The van der Waals surface area contributed by atoms with Crippen LogP contribution in [0.25, 0.3) is 0 Å². The van der Waals surface area contributed by atoms with Gasteiger partial charge in [-0.15, -0.1) is 0 Å². The van der Waals surface area contributed by atoms with Crippen molar-refractivity contribution < 1.29 is 9.90 Å². The zero-order valence-electron chi connectivity index (χ0n) is 7.94. The Labute approximate surface area is 83.0 Å². The number of nitrogens with one attached hydrogen (secondary N) is 1. The normalized spacial score (nSPS) is 9.79. The molecule has 1 aromatic heterocycles. The van der Waals surface area contributed by atoms with Crippen molar-refractivity contribution in [1.29, 1.82) is 0 Å². The average Bonchev–Trinajstić information content (AvgIpc) is 2.20. The van der Waals surface area contributed by atoms with Crippen LogP contribution in [-0.2, 0) is 11.2 Å². The summed E-state index contributed by atoms with van der Waals surface area (Å²) in [5.74, 6) is -0.114. The summed E-state index contributed by atoms with van der Waals surface area (Å²) >= 11 is 0. The van der Waals surface area contributed by atoms with E-state index in [2.05, 4.69) is 10.3 Å². The fraction of sp³-hybridized carbons (Fsp3) is 0.400. The Balaban J connectivity index is 2.19. The molecule has 0 fully saturated rings. The lowest BCUT2D eigenvalue weighted by atomic mass is 10.2. The van der Waals surface area contributed by atoms with Gasteiger partial charge in [0.05, 0.1) is 6.61 Å². The van der Waals surface area contributed by atoms with E-state index in [0.29, 0.717) is 6.54 Å². The SMILES string of the molecule is O=C(CCO)NCCc1cccnc1. The standard InChI is InChI=1S/C10H14N2O2/c13-7-4-10(14)12-6-3-9-2-1-5-11-8-9/h1-2,5,8,13H,3-4,6-7H2,(H,12,14). The Kier molecular flexibility index (Phi) is 4.64. The molecule has 0 bridgehead atoms. The van der Waals surface area contributed by atoms with E-state index in [1.54, 1.807) is 12.4 Å². The second kappa shape index (κ2) is 6.10. The van der Waals surface area contributed by atoms with Crippen LogP contribution in [0, 0.1) is 0 Å². The number of nitrogens with zero attached hydrogens (tertiary/aromatic N) is 1. The van der Waals surface area contributed by atoms with Gasteiger partial charge in [0, 0.05) is 25.4 Å². The lowest BCUT2D eigenvalue weighted by Crippen LogP contribution is -2.26. The monoisotopic (exact) mass is 194 g/mol. The summed E-state index contributed by atoms with van der Waals surface area (Å²) in [5, 5.41) is 11.2. The Morgan fingerprint density at radius 1 is 1.57 bits per heavy atom. The molecule has 0 atom stereocenters. The number of carbonyl (C=O) groups is 1. The number of aliphatic hydroxyl groups excluding tert-OH is 1. The van der Waals surface area contributed by atoms with Crippen LogP contribution in [0.2, 0.25) is 0 Å². The van der Waals surface area contributed by atoms with Gasteiger partial charge in [0.2, 0.25) is 5.91 Å². The molecule has 0 radical (unpaired) electrons. The molecule has 14 heavy (non-hydrogen) atoms. The molecule has 76 valence electrons. The van der Waals surface area contributed by atoms with E-state index in [1.807, 2.05) is 12.1 Å². The highest BCUT2D eigenvalue weighted by atomic mass is 16.3. The maximum absolute atomic E-state index is 10.9. The Morgan fingerprint density at radius 3 is 3.07 bits per heavy atom. The van der Waals surface area contributed by atoms with Crippen molar-refractivity contribution in [2.24, 2.45) is 0 Å². The van der Waals surface area contributed by atoms with E-state index in [-0.39, 0.29) is 18.9 Å². The molecule has 0 spiro atoms. The minimum absolute atomic E-state index is 0.0985. The smallest absolute Gasteiger partial charge is 0.222 e. The molecule has 4 heteroatoms. The van der Waals surface area contributed by atoms with E-state index in [9.17, 15) is 4.79 Å². The van der Waals surface area contributed by atoms with Crippen LogP contribution in [-0.4, -0.2) is 29.1 Å².